The molecule has 6 heteroatoms. The van der Waals surface area contributed by atoms with Gasteiger partial charge >= 0.3 is 0 Å². The van der Waals surface area contributed by atoms with E-state index in [2.05, 4.69) is 64.7 Å². The number of benzene rings is 3. The summed E-state index contributed by atoms with van der Waals surface area (Å²) in [5.41, 5.74) is 4.15. The van der Waals surface area contributed by atoms with Gasteiger partial charge in [0.05, 0.1) is 32.5 Å². The minimum Gasteiger partial charge on any atom is -0.494 e. The molecule has 0 N–H and O–H groups in total. The van der Waals surface area contributed by atoms with E-state index in [1.807, 2.05) is 36.6 Å². The van der Waals surface area contributed by atoms with Gasteiger partial charge in [-0.25, -0.2) is 4.98 Å². The van der Waals surface area contributed by atoms with Crippen LogP contribution in [0.3, 0.4) is 0 Å². The molecule has 34 heavy (non-hydrogen) atoms. The van der Waals surface area contributed by atoms with E-state index in [1.54, 1.807) is 14.2 Å². The third kappa shape index (κ3) is 3.92. The summed E-state index contributed by atoms with van der Waals surface area (Å²) in [6.45, 7) is 4.60. The first-order valence-electron chi connectivity index (χ1n) is 11.4. The lowest BCUT2D eigenvalue weighted by Crippen LogP contribution is -2.05. The minimum absolute atomic E-state index is 0.190. The highest BCUT2D eigenvalue weighted by Gasteiger charge is 2.49. The highest BCUT2D eigenvalue weighted by molar-refractivity contribution is 5.92. The molecular weight excluding hydrogens is 424 g/mol. The summed E-state index contributed by atoms with van der Waals surface area (Å²) in [7, 11) is 3.33. The van der Waals surface area contributed by atoms with Gasteiger partial charge in [-0.2, -0.15) is 5.10 Å². The average molecular weight is 453 g/mol. The lowest BCUT2D eigenvalue weighted by Gasteiger charge is -2.10. The fourth-order valence-corrected chi connectivity index (χ4v) is 4.53. The highest BCUT2D eigenvalue weighted by atomic mass is 16.5. The maximum Gasteiger partial charge on any atom is 0.154 e. The van der Waals surface area contributed by atoms with E-state index >= 15 is 0 Å². The van der Waals surface area contributed by atoms with Crippen LogP contribution in [0.1, 0.15) is 35.5 Å². The van der Waals surface area contributed by atoms with Gasteiger partial charge < -0.3 is 14.0 Å². The molecular formula is C28H28N4O2. The van der Waals surface area contributed by atoms with Crippen LogP contribution < -0.4 is 9.47 Å². The van der Waals surface area contributed by atoms with Gasteiger partial charge in [-0.15, -0.1) is 6.58 Å². The van der Waals surface area contributed by atoms with E-state index in [-0.39, 0.29) is 12.1 Å². The molecule has 1 saturated heterocycles. The molecule has 0 radical (unpaired) electrons. The van der Waals surface area contributed by atoms with Gasteiger partial charge in [0.1, 0.15) is 22.5 Å². The van der Waals surface area contributed by atoms with Gasteiger partial charge in [0.2, 0.25) is 0 Å². The Bertz CT molecular complexity index is 1270. The van der Waals surface area contributed by atoms with Crippen LogP contribution in [-0.2, 0) is 6.54 Å². The van der Waals surface area contributed by atoms with E-state index < -0.39 is 0 Å². The molecule has 6 nitrogen and oxygen atoms in total. The molecule has 1 aliphatic heterocycles. The first-order valence-corrected chi connectivity index (χ1v) is 11.4. The van der Waals surface area contributed by atoms with Crippen molar-refractivity contribution in [3.63, 3.8) is 0 Å². The standard InChI is InChI=1S/C28H28N4O2/c1-4-5-18-31-24(30-25-22(33-2)16-17-23(34-3)28(25)31)19-29-32-26(20-12-8-6-9-13-20)27(32)21-14-10-7-11-15-21/h4,6-17,19,26-27H,1,5,18H2,2-3H3/b29-19+/t26-,27-/m0/s1. The van der Waals surface area contributed by atoms with Crippen molar-refractivity contribution in [3.8, 4) is 11.5 Å². The van der Waals surface area contributed by atoms with Crippen molar-refractivity contribution >= 4 is 17.2 Å². The number of allylic oxidation sites excluding steroid dienone is 1. The molecule has 0 amide bonds. The van der Waals surface area contributed by atoms with Crippen LogP contribution in [0.2, 0.25) is 0 Å². The van der Waals surface area contributed by atoms with Crippen LogP contribution in [0.25, 0.3) is 11.0 Å². The second-order valence-electron chi connectivity index (χ2n) is 8.20. The van der Waals surface area contributed by atoms with Crippen molar-refractivity contribution in [1.29, 1.82) is 0 Å². The summed E-state index contributed by atoms with van der Waals surface area (Å²) >= 11 is 0. The van der Waals surface area contributed by atoms with E-state index in [9.17, 15) is 0 Å². The summed E-state index contributed by atoms with van der Waals surface area (Å²) in [5, 5.41) is 7.05. The second-order valence-corrected chi connectivity index (χ2v) is 8.20. The van der Waals surface area contributed by atoms with Crippen LogP contribution in [-0.4, -0.2) is 35.0 Å². The van der Waals surface area contributed by atoms with Crippen LogP contribution in [0.4, 0.5) is 0 Å². The number of aromatic nitrogens is 2. The molecule has 0 saturated carbocycles. The molecule has 3 aromatic carbocycles. The molecule has 1 fully saturated rings. The van der Waals surface area contributed by atoms with Gasteiger partial charge in [-0.05, 0) is 29.7 Å². The number of fused-ring (bicyclic) bond motifs is 1. The highest BCUT2D eigenvalue weighted by Crippen LogP contribution is 2.54. The first-order chi connectivity index (χ1) is 16.8. The molecule has 2 heterocycles. The molecule has 0 bridgehead atoms. The minimum atomic E-state index is 0.190. The number of hydrogen-bond acceptors (Lipinski definition) is 5. The monoisotopic (exact) mass is 452 g/mol. The zero-order valence-electron chi connectivity index (χ0n) is 19.5. The van der Waals surface area contributed by atoms with E-state index in [1.165, 1.54) is 11.1 Å². The lowest BCUT2D eigenvalue weighted by atomic mass is 10.0. The normalized spacial score (nSPS) is 17.3. The largest absolute Gasteiger partial charge is 0.494 e. The number of methoxy groups -OCH3 is 2. The predicted octanol–water partition coefficient (Wildman–Crippen LogP) is 5.76. The molecule has 5 rings (SSSR count). The summed E-state index contributed by atoms with van der Waals surface area (Å²) in [6.07, 6.45) is 4.55. The fourth-order valence-electron chi connectivity index (χ4n) is 4.53. The SMILES string of the molecule is C=CCCn1c(/C=N/N2[C@@H](c3ccccc3)[C@@H]2c2ccccc2)nc2c(OC)ccc(OC)c21. The number of imidazole rings is 1. The number of rotatable bonds is 9. The summed E-state index contributed by atoms with van der Waals surface area (Å²) in [5.74, 6) is 2.21. The predicted molar refractivity (Wildman–Crippen MR) is 135 cm³/mol. The molecule has 1 aromatic heterocycles. The topological polar surface area (TPSA) is 51.7 Å². The quantitative estimate of drug-likeness (QED) is 0.184. The van der Waals surface area contributed by atoms with E-state index in [0.717, 1.165) is 35.6 Å². The van der Waals surface area contributed by atoms with Crippen LogP contribution in [0.5, 0.6) is 11.5 Å². The van der Waals surface area contributed by atoms with Gasteiger partial charge in [0, 0.05) is 6.54 Å². The maximum absolute atomic E-state index is 5.65. The zero-order chi connectivity index (χ0) is 23.5. The molecule has 1 aliphatic rings. The van der Waals surface area contributed by atoms with Gasteiger partial charge in [-0.1, -0.05) is 66.7 Å². The molecule has 0 spiro atoms. The van der Waals surface area contributed by atoms with E-state index in [0.29, 0.717) is 5.75 Å². The van der Waals surface area contributed by atoms with Crippen molar-refractivity contribution in [1.82, 2.24) is 14.6 Å². The Morgan fingerprint density at radius 2 is 1.47 bits per heavy atom. The fraction of sp³-hybridized carbons (Fsp3) is 0.214. The summed E-state index contributed by atoms with van der Waals surface area (Å²) in [4.78, 5) is 4.89. The lowest BCUT2D eigenvalue weighted by molar-refractivity contribution is 0.408. The molecule has 172 valence electrons. The Morgan fingerprint density at radius 1 is 0.882 bits per heavy atom. The van der Waals surface area contributed by atoms with Gasteiger partial charge in [0.15, 0.2) is 5.82 Å². The Morgan fingerprint density at radius 3 is 2.03 bits per heavy atom. The number of hydrogen-bond donors (Lipinski definition) is 0. The molecule has 2 atom stereocenters. The van der Waals surface area contributed by atoms with Crippen LogP contribution >= 0.6 is 0 Å². The summed E-state index contributed by atoms with van der Waals surface area (Å²) < 4.78 is 13.4. The molecule has 0 aliphatic carbocycles. The molecule has 4 aromatic rings. The number of nitrogens with zero attached hydrogens (tertiary/aromatic N) is 4. The van der Waals surface area contributed by atoms with Crippen molar-refractivity contribution in [2.75, 3.05) is 14.2 Å². The average Bonchev–Trinajstić information content (AvgIpc) is 3.51. The van der Waals surface area contributed by atoms with Crippen molar-refractivity contribution < 1.29 is 9.47 Å². The summed E-state index contributed by atoms with van der Waals surface area (Å²) in [6, 6.07) is 25.2. The molecule has 0 unspecified atom stereocenters. The zero-order valence-corrected chi connectivity index (χ0v) is 19.5. The van der Waals surface area contributed by atoms with Crippen molar-refractivity contribution in [3.05, 3.63) is 102 Å². The van der Waals surface area contributed by atoms with Crippen molar-refractivity contribution in [2.24, 2.45) is 5.10 Å². The Labute approximate surface area is 199 Å². The van der Waals surface area contributed by atoms with Gasteiger partial charge in [0.25, 0.3) is 0 Å². The first kappa shape index (κ1) is 21.8. The maximum atomic E-state index is 5.65. The Hall–Kier alpha value is -4.06. The Balaban J connectivity index is 1.55. The number of hydrazone groups is 1. The van der Waals surface area contributed by atoms with E-state index in [4.69, 9.17) is 19.6 Å². The number of aryl methyl sites for hydroxylation is 1. The number of ether oxygens (including phenoxy) is 2. The second kappa shape index (κ2) is 9.43. The van der Waals surface area contributed by atoms with Crippen molar-refractivity contribution in [2.45, 2.75) is 25.0 Å². The Kier molecular flexibility index (Phi) is 6.04. The van der Waals surface area contributed by atoms with Crippen LogP contribution in [0.15, 0.2) is 90.6 Å². The smallest absolute Gasteiger partial charge is 0.154 e. The third-order valence-corrected chi connectivity index (χ3v) is 6.21. The third-order valence-electron chi connectivity index (χ3n) is 6.21. The van der Waals surface area contributed by atoms with Crippen LogP contribution in [0, 0.1) is 0 Å². The van der Waals surface area contributed by atoms with Gasteiger partial charge in [-0.3, -0.25) is 5.01 Å².